The van der Waals surface area contributed by atoms with Crippen LogP contribution < -0.4 is 4.74 Å². The number of carboxylic acid groups (broad SMARTS) is 1. The molecule has 0 saturated heterocycles. The Morgan fingerprint density at radius 2 is 1.95 bits per heavy atom. The Morgan fingerprint density at radius 1 is 1.26 bits per heavy atom. The van der Waals surface area contributed by atoms with Crippen LogP contribution in [0.5, 0.6) is 5.75 Å². The van der Waals surface area contributed by atoms with Crippen molar-refractivity contribution in [3.63, 3.8) is 0 Å². The van der Waals surface area contributed by atoms with Crippen LogP contribution in [0.3, 0.4) is 0 Å². The molecule has 0 aliphatic heterocycles. The molecule has 0 aromatic heterocycles. The minimum absolute atomic E-state index is 0.190. The number of benzene rings is 1. The second-order valence-electron chi connectivity index (χ2n) is 4.65. The second kappa shape index (κ2) is 8.53. The van der Waals surface area contributed by atoms with Gasteiger partial charge >= 0.3 is 5.97 Å². The third kappa shape index (κ3) is 6.82. The minimum atomic E-state index is -0.751. The second-order valence-corrected chi connectivity index (χ2v) is 4.65. The number of ether oxygens (including phenoxy) is 1. The van der Waals surface area contributed by atoms with Crippen molar-refractivity contribution in [2.45, 2.75) is 26.2 Å². The number of nitrogens with zero attached hydrogens (tertiary/aromatic N) is 1. The van der Waals surface area contributed by atoms with E-state index in [1.807, 2.05) is 24.1 Å². The fraction of sp³-hybridized carbons (Fsp3) is 0.533. The van der Waals surface area contributed by atoms with Crippen molar-refractivity contribution in [1.29, 1.82) is 0 Å². The van der Waals surface area contributed by atoms with Gasteiger partial charge in [-0.1, -0.05) is 19.1 Å². The lowest BCUT2D eigenvalue weighted by molar-refractivity contribution is -0.137. The molecule has 0 heterocycles. The number of hydrogen-bond donors (Lipinski definition) is 1. The molecule has 4 heteroatoms. The standard InChI is InChI=1S/C15H23NO3/c1-3-13-5-7-14(8-6-13)19-12-4-10-16(2)11-9-15(17)18/h5-8H,3-4,9-12H2,1-2H3,(H,17,18). The van der Waals surface area contributed by atoms with Gasteiger partial charge in [-0.25, -0.2) is 0 Å². The van der Waals surface area contributed by atoms with Crippen molar-refractivity contribution in [3.8, 4) is 5.75 Å². The molecule has 0 saturated carbocycles. The molecular formula is C15H23NO3. The van der Waals surface area contributed by atoms with E-state index in [9.17, 15) is 4.79 Å². The molecule has 0 bridgehead atoms. The predicted molar refractivity (Wildman–Crippen MR) is 75.7 cm³/mol. The predicted octanol–water partition coefficient (Wildman–Crippen LogP) is 2.42. The Hall–Kier alpha value is -1.55. The van der Waals surface area contributed by atoms with Crippen LogP contribution in [0.4, 0.5) is 0 Å². The van der Waals surface area contributed by atoms with Gasteiger partial charge in [-0.05, 0) is 37.6 Å². The Balaban J connectivity index is 2.14. The van der Waals surface area contributed by atoms with E-state index in [1.54, 1.807) is 0 Å². The van der Waals surface area contributed by atoms with Gasteiger partial charge in [-0.2, -0.15) is 0 Å². The molecule has 0 fully saturated rings. The van der Waals surface area contributed by atoms with Gasteiger partial charge in [0, 0.05) is 13.1 Å². The molecule has 0 radical (unpaired) electrons. The third-order valence-corrected chi connectivity index (χ3v) is 2.99. The minimum Gasteiger partial charge on any atom is -0.494 e. The maximum Gasteiger partial charge on any atom is 0.304 e. The first-order valence-electron chi connectivity index (χ1n) is 6.74. The highest BCUT2D eigenvalue weighted by atomic mass is 16.5. The molecule has 0 aliphatic rings. The molecule has 106 valence electrons. The smallest absolute Gasteiger partial charge is 0.304 e. The van der Waals surface area contributed by atoms with E-state index in [-0.39, 0.29) is 6.42 Å². The highest BCUT2D eigenvalue weighted by Gasteiger charge is 2.02. The van der Waals surface area contributed by atoms with Crippen LogP contribution in [0.2, 0.25) is 0 Å². The van der Waals surface area contributed by atoms with Crippen LogP contribution in [0.1, 0.15) is 25.3 Å². The zero-order chi connectivity index (χ0) is 14.1. The first-order chi connectivity index (χ1) is 9.11. The largest absolute Gasteiger partial charge is 0.494 e. The lowest BCUT2D eigenvalue weighted by Crippen LogP contribution is -2.24. The van der Waals surface area contributed by atoms with Gasteiger partial charge in [0.1, 0.15) is 5.75 Å². The average molecular weight is 265 g/mol. The van der Waals surface area contributed by atoms with E-state index in [0.717, 1.165) is 25.1 Å². The van der Waals surface area contributed by atoms with Gasteiger partial charge in [0.25, 0.3) is 0 Å². The molecule has 1 aromatic rings. The molecule has 19 heavy (non-hydrogen) atoms. The summed E-state index contributed by atoms with van der Waals surface area (Å²) in [7, 11) is 1.93. The Morgan fingerprint density at radius 3 is 2.53 bits per heavy atom. The van der Waals surface area contributed by atoms with Crippen LogP contribution >= 0.6 is 0 Å². The van der Waals surface area contributed by atoms with E-state index in [4.69, 9.17) is 9.84 Å². The van der Waals surface area contributed by atoms with Crippen LogP contribution in [-0.2, 0) is 11.2 Å². The van der Waals surface area contributed by atoms with Gasteiger partial charge in [0.15, 0.2) is 0 Å². The van der Waals surface area contributed by atoms with Gasteiger partial charge < -0.3 is 14.7 Å². The summed E-state index contributed by atoms with van der Waals surface area (Å²) >= 11 is 0. The number of carboxylic acids is 1. The summed E-state index contributed by atoms with van der Waals surface area (Å²) in [5.41, 5.74) is 1.31. The van der Waals surface area contributed by atoms with Crippen LogP contribution in [0, 0.1) is 0 Å². The van der Waals surface area contributed by atoms with Crippen LogP contribution in [-0.4, -0.2) is 42.7 Å². The lowest BCUT2D eigenvalue weighted by atomic mass is 10.2. The van der Waals surface area contributed by atoms with Crippen molar-refractivity contribution in [2.24, 2.45) is 0 Å². The number of carbonyl (C=O) groups is 1. The molecule has 4 nitrogen and oxygen atoms in total. The topological polar surface area (TPSA) is 49.8 Å². The van der Waals surface area contributed by atoms with Gasteiger partial charge in [-0.15, -0.1) is 0 Å². The summed E-state index contributed by atoms with van der Waals surface area (Å²) in [5.74, 6) is 0.143. The molecule has 1 N–H and O–H groups in total. The molecule has 0 spiro atoms. The van der Waals surface area contributed by atoms with E-state index in [2.05, 4.69) is 19.1 Å². The highest BCUT2D eigenvalue weighted by molar-refractivity contribution is 5.66. The van der Waals surface area contributed by atoms with Crippen molar-refractivity contribution >= 4 is 5.97 Å². The molecule has 1 aromatic carbocycles. The highest BCUT2D eigenvalue weighted by Crippen LogP contribution is 2.12. The summed E-state index contributed by atoms with van der Waals surface area (Å²) in [6, 6.07) is 8.14. The number of rotatable bonds is 9. The van der Waals surface area contributed by atoms with E-state index in [0.29, 0.717) is 13.2 Å². The summed E-state index contributed by atoms with van der Waals surface area (Å²) in [6.07, 6.45) is 2.12. The fourth-order valence-electron chi connectivity index (χ4n) is 1.74. The molecule has 0 unspecified atom stereocenters. The average Bonchev–Trinajstić information content (AvgIpc) is 2.42. The monoisotopic (exact) mass is 265 g/mol. The van der Waals surface area contributed by atoms with Crippen molar-refractivity contribution in [1.82, 2.24) is 4.90 Å². The van der Waals surface area contributed by atoms with E-state index < -0.39 is 5.97 Å². The first kappa shape index (κ1) is 15.5. The maximum atomic E-state index is 10.4. The summed E-state index contributed by atoms with van der Waals surface area (Å²) < 4.78 is 5.64. The number of aliphatic carboxylic acids is 1. The number of hydrogen-bond acceptors (Lipinski definition) is 3. The fourth-order valence-corrected chi connectivity index (χ4v) is 1.74. The van der Waals surface area contributed by atoms with Crippen molar-refractivity contribution in [3.05, 3.63) is 29.8 Å². The zero-order valence-corrected chi connectivity index (χ0v) is 11.8. The Labute approximate surface area is 115 Å². The Kier molecular flexibility index (Phi) is 6.97. The summed E-state index contributed by atoms with van der Waals surface area (Å²) in [4.78, 5) is 12.4. The summed E-state index contributed by atoms with van der Waals surface area (Å²) in [5, 5.41) is 8.57. The van der Waals surface area contributed by atoms with Gasteiger partial charge in [-0.3, -0.25) is 4.79 Å². The lowest BCUT2D eigenvalue weighted by Gasteiger charge is -2.15. The molecular weight excluding hydrogens is 242 g/mol. The van der Waals surface area contributed by atoms with Crippen molar-refractivity contribution < 1.29 is 14.6 Å². The van der Waals surface area contributed by atoms with E-state index in [1.165, 1.54) is 5.56 Å². The van der Waals surface area contributed by atoms with Crippen molar-refractivity contribution in [2.75, 3.05) is 26.7 Å². The molecule has 1 rings (SSSR count). The van der Waals surface area contributed by atoms with Crippen LogP contribution in [0.25, 0.3) is 0 Å². The van der Waals surface area contributed by atoms with Gasteiger partial charge in [0.2, 0.25) is 0 Å². The SMILES string of the molecule is CCc1ccc(OCCCN(C)CCC(=O)O)cc1. The maximum absolute atomic E-state index is 10.4. The first-order valence-corrected chi connectivity index (χ1v) is 6.74. The van der Waals surface area contributed by atoms with E-state index >= 15 is 0 Å². The Bertz CT molecular complexity index is 375. The third-order valence-electron chi connectivity index (χ3n) is 2.99. The quantitative estimate of drug-likeness (QED) is 0.697. The summed E-state index contributed by atoms with van der Waals surface area (Å²) in [6.45, 7) is 4.21. The molecule has 0 atom stereocenters. The molecule has 0 aliphatic carbocycles. The van der Waals surface area contributed by atoms with Crippen LogP contribution in [0.15, 0.2) is 24.3 Å². The molecule has 0 amide bonds. The normalized spacial score (nSPS) is 10.7. The van der Waals surface area contributed by atoms with Gasteiger partial charge in [0.05, 0.1) is 13.0 Å². The zero-order valence-electron chi connectivity index (χ0n) is 11.8. The number of aryl methyl sites for hydroxylation is 1.